The highest BCUT2D eigenvalue weighted by molar-refractivity contribution is 8.01. The van der Waals surface area contributed by atoms with Crippen molar-refractivity contribution in [3.8, 4) is 0 Å². The fourth-order valence-corrected chi connectivity index (χ4v) is 6.33. The van der Waals surface area contributed by atoms with Gasteiger partial charge in [-0.25, -0.2) is 8.42 Å². The Bertz CT molecular complexity index is 516. The molecule has 0 aliphatic carbocycles. The average Bonchev–Trinajstić information content (AvgIpc) is 3.02. The van der Waals surface area contributed by atoms with Crippen LogP contribution in [0.4, 0.5) is 0 Å². The summed E-state index contributed by atoms with van der Waals surface area (Å²) < 4.78 is 24.3. The van der Waals surface area contributed by atoms with Crippen LogP contribution in [0.2, 0.25) is 0 Å². The Hall–Kier alpha value is -0.0800. The predicted octanol–water partition coefficient (Wildman–Crippen LogP) is 2.21. The lowest BCUT2D eigenvalue weighted by molar-refractivity contribution is 0.266. The van der Waals surface area contributed by atoms with Gasteiger partial charge in [-0.1, -0.05) is 13.0 Å². The van der Waals surface area contributed by atoms with E-state index in [1.54, 1.807) is 30.0 Å². The van der Waals surface area contributed by atoms with Gasteiger partial charge in [-0.2, -0.15) is 11.8 Å². The molecule has 1 fully saturated rings. The second-order valence-corrected chi connectivity index (χ2v) is 9.78. The molecule has 2 rings (SSSR count). The van der Waals surface area contributed by atoms with Crippen LogP contribution in [0.25, 0.3) is 0 Å². The minimum Gasteiger partial charge on any atom is -0.308 e. The van der Waals surface area contributed by atoms with Crippen LogP contribution in [0.3, 0.4) is 0 Å². The third kappa shape index (κ3) is 4.69. The molecule has 0 saturated carbocycles. The SMILES string of the molecule is CCS(=O)(=O)C1CSCCN1CCNC(C)c1cccs1. The maximum Gasteiger partial charge on any atom is 0.166 e. The molecule has 0 aromatic carbocycles. The van der Waals surface area contributed by atoms with E-state index in [0.29, 0.717) is 11.8 Å². The highest BCUT2D eigenvalue weighted by Gasteiger charge is 2.32. The summed E-state index contributed by atoms with van der Waals surface area (Å²) in [6.45, 7) is 6.37. The zero-order valence-corrected chi connectivity index (χ0v) is 15.1. The van der Waals surface area contributed by atoms with Crippen LogP contribution in [0, 0.1) is 0 Å². The molecule has 0 amide bonds. The van der Waals surface area contributed by atoms with E-state index >= 15 is 0 Å². The van der Waals surface area contributed by atoms with E-state index in [2.05, 4.69) is 34.7 Å². The minimum absolute atomic E-state index is 0.230. The molecule has 1 saturated heterocycles. The van der Waals surface area contributed by atoms with Crippen LogP contribution in [0.1, 0.15) is 24.8 Å². The molecule has 21 heavy (non-hydrogen) atoms. The van der Waals surface area contributed by atoms with Crippen molar-refractivity contribution in [2.24, 2.45) is 0 Å². The molecule has 2 heterocycles. The lowest BCUT2D eigenvalue weighted by Crippen LogP contribution is -2.49. The van der Waals surface area contributed by atoms with Crippen LogP contribution < -0.4 is 5.32 Å². The Morgan fingerprint density at radius 3 is 3.00 bits per heavy atom. The summed E-state index contributed by atoms with van der Waals surface area (Å²) in [5, 5.41) is 5.27. The molecule has 4 nitrogen and oxygen atoms in total. The number of thiophene rings is 1. The van der Waals surface area contributed by atoms with Gasteiger partial charge in [0.1, 0.15) is 5.37 Å². The highest BCUT2D eigenvalue weighted by atomic mass is 32.2. The molecule has 120 valence electrons. The Labute approximate surface area is 136 Å². The summed E-state index contributed by atoms with van der Waals surface area (Å²) in [5.41, 5.74) is 0. The van der Waals surface area contributed by atoms with Gasteiger partial charge >= 0.3 is 0 Å². The highest BCUT2D eigenvalue weighted by Crippen LogP contribution is 2.21. The molecule has 2 unspecified atom stereocenters. The predicted molar refractivity (Wildman–Crippen MR) is 92.9 cm³/mol. The number of sulfone groups is 1. The van der Waals surface area contributed by atoms with Gasteiger partial charge in [-0.05, 0) is 18.4 Å². The topological polar surface area (TPSA) is 49.4 Å². The lowest BCUT2D eigenvalue weighted by Gasteiger charge is -2.34. The van der Waals surface area contributed by atoms with E-state index in [0.717, 1.165) is 25.4 Å². The zero-order valence-electron chi connectivity index (χ0n) is 12.6. The summed E-state index contributed by atoms with van der Waals surface area (Å²) >= 11 is 3.50. The number of nitrogens with zero attached hydrogens (tertiary/aromatic N) is 1. The molecular weight excluding hydrogens is 324 g/mol. The first-order valence-corrected chi connectivity index (χ1v) is 11.1. The first kappa shape index (κ1) is 17.3. The van der Waals surface area contributed by atoms with Gasteiger partial charge in [-0.15, -0.1) is 11.3 Å². The van der Waals surface area contributed by atoms with Gasteiger partial charge in [0.05, 0.1) is 0 Å². The van der Waals surface area contributed by atoms with Gasteiger partial charge in [0.25, 0.3) is 0 Å². The molecule has 0 spiro atoms. The van der Waals surface area contributed by atoms with Crippen LogP contribution in [-0.2, 0) is 9.84 Å². The van der Waals surface area contributed by atoms with E-state index in [4.69, 9.17) is 0 Å². The zero-order chi connectivity index (χ0) is 15.3. The Kier molecular flexibility index (Phi) is 6.55. The lowest BCUT2D eigenvalue weighted by atomic mass is 10.3. The first-order chi connectivity index (χ1) is 10.0. The Morgan fingerprint density at radius 1 is 1.52 bits per heavy atom. The third-order valence-corrected chi connectivity index (χ3v) is 8.21. The van der Waals surface area contributed by atoms with Gasteiger partial charge in [-0.3, -0.25) is 4.90 Å². The maximum absolute atomic E-state index is 12.2. The van der Waals surface area contributed by atoms with Crippen molar-refractivity contribution >= 4 is 32.9 Å². The second kappa shape index (κ2) is 7.97. The number of hydrogen-bond acceptors (Lipinski definition) is 6. The standard InChI is InChI=1S/C14H24N2O2S3/c1-3-21(17,18)14-11-19-10-8-16(14)7-6-15-12(2)13-5-4-9-20-13/h4-5,9,12,14-15H,3,6-8,10-11H2,1-2H3. The number of hydrogen-bond donors (Lipinski definition) is 1. The van der Waals surface area contributed by atoms with E-state index in [9.17, 15) is 8.42 Å². The third-order valence-electron chi connectivity index (χ3n) is 3.83. The molecule has 7 heteroatoms. The molecule has 1 aliphatic heterocycles. The first-order valence-electron chi connectivity index (χ1n) is 7.34. The van der Waals surface area contributed by atoms with Crippen molar-refractivity contribution in [1.29, 1.82) is 0 Å². The number of rotatable bonds is 7. The fraction of sp³-hybridized carbons (Fsp3) is 0.714. The van der Waals surface area contributed by atoms with Crippen LogP contribution in [0.15, 0.2) is 17.5 Å². The van der Waals surface area contributed by atoms with E-state index in [1.165, 1.54) is 4.88 Å². The fourth-order valence-electron chi connectivity index (χ4n) is 2.46. The van der Waals surface area contributed by atoms with Crippen molar-refractivity contribution in [1.82, 2.24) is 10.2 Å². The second-order valence-electron chi connectivity index (χ2n) is 5.21. The average molecular weight is 349 g/mol. The van der Waals surface area contributed by atoms with Crippen molar-refractivity contribution in [3.63, 3.8) is 0 Å². The minimum atomic E-state index is -2.98. The van der Waals surface area contributed by atoms with Crippen LogP contribution in [0.5, 0.6) is 0 Å². The van der Waals surface area contributed by atoms with Crippen molar-refractivity contribution in [3.05, 3.63) is 22.4 Å². The summed E-state index contributed by atoms with van der Waals surface area (Å²) in [4.78, 5) is 3.45. The monoisotopic (exact) mass is 348 g/mol. The molecule has 0 radical (unpaired) electrons. The molecule has 1 aromatic heterocycles. The summed E-state index contributed by atoms with van der Waals surface area (Å²) in [7, 11) is -2.98. The Balaban J connectivity index is 1.85. The van der Waals surface area contributed by atoms with E-state index in [-0.39, 0.29) is 11.1 Å². The quantitative estimate of drug-likeness (QED) is 0.819. The van der Waals surface area contributed by atoms with Crippen molar-refractivity contribution in [2.45, 2.75) is 25.3 Å². The molecule has 2 atom stereocenters. The van der Waals surface area contributed by atoms with Gasteiger partial charge < -0.3 is 5.32 Å². The van der Waals surface area contributed by atoms with Gasteiger partial charge in [0.2, 0.25) is 0 Å². The molecule has 0 bridgehead atoms. The molecule has 1 N–H and O–H groups in total. The van der Waals surface area contributed by atoms with E-state index < -0.39 is 9.84 Å². The number of nitrogens with one attached hydrogen (secondary N) is 1. The van der Waals surface area contributed by atoms with E-state index in [1.807, 2.05) is 0 Å². The van der Waals surface area contributed by atoms with Crippen LogP contribution >= 0.6 is 23.1 Å². The van der Waals surface area contributed by atoms with Gasteiger partial charge in [0, 0.05) is 47.8 Å². The summed E-state index contributed by atoms with van der Waals surface area (Å²) in [6, 6.07) is 4.51. The summed E-state index contributed by atoms with van der Waals surface area (Å²) in [5.74, 6) is 1.96. The normalized spacial score (nSPS) is 22.3. The van der Waals surface area contributed by atoms with Gasteiger partial charge in [0.15, 0.2) is 9.84 Å². The molecule has 1 aromatic rings. The Morgan fingerprint density at radius 2 is 2.33 bits per heavy atom. The van der Waals surface area contributed by atoms with Crippen molar-refractivity contribution in [2.75, 3.05) is 36.9 Å². The molecular formula is C14H24N2O2S3. The van der Waals surface area contributed by atoms with Crippen molar-refractivity contribution < 1.29 is 8.42 Å². The number of thioether (sulfide) groups is 1. The smallest absolute Gasteiger partial charge is 0.166 e. The van der Waals surface area contributed by atoms with Crippen LogP contribution in [-0.4, -0.2) is 55.6 Å². The maximum atomic E-state index is 12.2. The molecule has 1 aliphatic rings. The largest absolute Gasteiger partial charge is 0.308 e. The summed E-state index contributed by atoms with van der Waals surface area (Å²) in [6.07, 6.45) is 0.